The molecule has 0 fully saturated rings. The van der Waals surface area contributed by atoms with Crippen molar-refractivity contribution in [1.29, 1.82) is 0 Å². The smallest absolute Gasteiger partial charge is 0.387 e. The Bertz CT molecular complexity index is 652. The molecule has 2 rings (SSSR count). The van der Waals surface area contributed by atoms with E-state index in [0.717, 1.165) is 11.3 Å². The summed E-state index contributed by atoms with van der Waals surface area (Å²) in [5.74, 6) is -0.458. The van der Waals surface area contributed by atoms with E-state index < -0.39 is 6.61 Å². The Morgan fingerprint density at radius 3 is 2.24 bits per heavy atom. The maximum absolute atomic E-state index is 12.0. The number of halogens is 2. The van der Waals surface area contributed by atoms with Gasteiger partial charge in [-0.05, 0) is 43.3 Å². The van der Waals surface area contributed by atoms with Crippen LogP contribution in [0.15, 0.2) is 36.4 Å². The van der Waals surface area contributed by atoms with Crippen LogP contribution in [0.1, 0.15) is 26.3 Å². The Hall–Kier alpha value is -2.28. The van der Waals surface area contributed by atoms with Crippen LogP contribution in [0.25, 0.3) is 0 Å². The number of anilines is 1. The summed E-state index contributed by atoms with van der Waals surface area (Å²) in [5.41, 5.74) is 0.444. The monoisotopic (exact) mass is 311 g/mol. The number of alkyl halides is 2. The van der Waals surface area contributed by atoms with Crippen molar-refractivity contribution in [2.75, 3.05) is 5.32 Å². The van der Waals surface area contributed by atoms with Gasteiger partial charge in [-0.3, -0.25) is 9.59 Å². The molecule has 0 saturated heterocycles. The number of rotatable bonds is 5. The number of ether oxygens (including phenoxy) is 1. The summed E-state index contributed by atoms with van der Waals surface area (Å²) in [6.07, 6.45) is 0. The van der Waals surface area contributed by atoms with Gasteiger partial charge in [0.2, 0.25) is 0 Å². The van der Waals surface area contributed by atoms with Crippen molar-refractivity contribution in [3.05, 3.63) is 46.2 Å². The van der Waals surface area contributed by atoms with E-state index in [2.05, 4.69) is 10.1 Å². The van der Waals surface area contributed by atoms with E-state index in [1.54, 1.807) is 12.1 Å². The van der Waals surface area contributed by atoms with Crippen LogP contribution >= 0.6 is 11.3 Å². The first-order chi connectivity index (χ1) is 9.95. The lowest BCUT2D eigenvalue weighted by Gasteiger charge is -2.06. The number of thiophene rings is 1. The number of amides is 1. The molecular weight excluding hydrogens is 300 g/mol. The van der Waals surface area contributed by atoms with E-state index in [9.17, 15) is 18.4 Å². The summed E-state index contributed by atoms with van der Waals surface area (Å²) in [5, 5.41) is 2.61. The van der Waals surface area contributed by atoms with Gasteiger partial charge in [0.1, 0.15) is 5.75 Å². The predicted octanol–water partition coefficient (Wildman–Crippen LogP) is 3.80. The minimum Gasteiger partial charge on any atom is -0.435 e. The normalized spacial score (nSPS) is 10.5. The van der Waals surface area contributed by atoms with Crippen LogP contribution in [0.5, 0.6) is 5.75 Å². The number of ketones is 1. The number of hydrogen-bond donors (Lipinski definition) is 1. The second-order valence-corrected chi connectivity index (χ2v) is 5.16. The second kappa shape index (κ2) is 6.45. The summed E-state index contributed by atoms with van der Waals surface area (Å²) >= 11 is 1.09. The Balaban J connectivity index is 2.03. The molecule has 0 unspecified atom stereocenters. The van der Waals surface area contributed by atoms with Crippen LogP contribution in [-0.2, 0) is 0 Å². The van der Waals surface area contributed by atoms with Gasteiger partial charge < -0.3 is 10.1 Å². The minimum atomic E-state index is -2.89. The summed E-state index contributed by atoms with van der Waals surface area (Å²) in [4.78, 5) is 24.0. The molecule has 0 saturated carbocycles. The summed E-state index contributed by atoms with van der Waals surface area (Å²) < 4.78 is 28.2. The lowest BCUT2D eigenvalue weighted by Crippen LogP contribution is -2.10. The Morgan fingerprint density at radius 1 is 1.10 bits per heavy atom. The van der Waals surface area contributed by atoms with Gasteiger partial charge in [0.15, 0.2) is 5.78 Å². The Morgan fingerprint density at radius 2 is 1.71 bits per heavy atom. The maximum atomic E-state index is 12.0. The molecule has 110 valence electrons. The van der Waals surface area contributed by atoms with Crippen molar-refractivity contribution >= 4 is 28.7 Å². The third kappa shape index (κ3) is 4.09. The van der Waals surface area contributed by atoms with E-state index in [-0.39, 0.29) is 17.4 Å². The number of carbonyl (C=O) groups excluding carboxylic acids is 2. The van der Waals surface area contributed by atoms with Gasteiger partial charge in [0, 0.05) is 5.69 Å². The van der Waals surface area contributed by atoms with Gasteiger partial charge in [-0.25, -0.2) is 0 Å². The Kier molecular flexibility index (Phi) is 4.64. The van der Waals surface area contributed by atoms with Gasteiger partial charge in [-0.1, -0.05) is 0 Å². The van der Waals surface area contributed by atoms with E-state index >= 15 is 0 Å². The van der Waals surface area contributed by atoms with Gasteiger partial charge in [0.25, 0.3) is 5.91 Å². The third-order valence-corrected chi connectivity index (χ3v) is 3.70. The van der Waals surface area contributed by atoms with Crippen molar-refractivity contribution in [2.45, 2.75) is 13.5 Å². The first-order valence-electron chi connectivity index (χ1n) is 5.92. The molecule has 1 amide bonds. The van der Waals surface area contributed by atoms with Crippen molar-refractivity contribution < 1.29 is 23.1 Å². The standard InChI is InChI=1S/C14H11F2NO3S/c1-8(18)11-6-7-12(21-11)13(19)17-9-2-4-10(5-3-9)20-14(15)16/h2-7,14H,1H3,(H,17,19). The summed E-state index contributed by atoms with van der Waals surface area (Å²) in [6.45, 7) is -1.46. The number of nitrogens with one attached hydrogen (secondary N) is 1. The first kappa shape index (κ1) is 15.1. The van der Waals surface area contributed by atoms with Crippen LogP contribution in [0.4, 0.5) is 14.5 Å². The lowest BCUT2D eigenvalue weighted by atomic mass is 10.3. The summed E-state index contributed by atoms with van der Waals surface area (Å²) in [7, 11) is 0. The molecular formula is C14H11F2NO3S. The largest absolute Gasteiger partial charge is 0.435 e. The first-order valence-corrected chi connectivity index (χ1v) is 6.74. The molecule has 7 heteroatoms. The Labute approximate surface area is 123 Å². The SMILES string of the molecule is CC(=O)c1ccc(C(=O)Nc2ccc(OC(F)F)cc2)s1. The predicted molar refractivity (Wildman–Crippen MR) is 75.4 cm³/mol. The van der Waals surface area contributed by atoms with Crippen LogP contribution in [0.3, 0.4) is 0 Å². The number of carbonyl (C=O) groups is 2. The van der Waals surface area contributed by atoms with Gasteiger partial charge in [0.05, 0.1) is 9.75 Å². The quantitative estimate of drug-likeness (QED) is 0.854. The van der Waals surface area contributed by atoms with Crippen molar-refractivity contribution in [1.82, 2.24) is 0 Å². The molecule has 0 aliphatic heterocycles. The second-order valence-electron chi connectivity index (χ2n) is 4.08. The molecule has 0 radical (unpaired) electrons. The average Bonchev–Trinajstić information content (AvgIpc) is 2.90. The molecule has 0 aliphatic rings. The number of Topliss-reactive ketones (excluding diaryl/α,β-unsaturated/α-hetero) is 1. The summed E-state index contributed by atoms with van der Waals surface area (Å²) in [6, 6.07) is 8.71. The highest BCUT2D eigenvalue weighted by Crippen LogP contribution is 2.21. The molecule has 2 aromatic rings. The highest BCUT2D eigenvalue weighted by atomic mass is 32.1. The van der Waals surface area contributed by atoms with Crippen molar-refractivity contribution in [2.24, 2.45) is 0 Å². The van der Waals surface area contributed by atoms with Crippen LogP contribution in [-0.4, -0.2) is 18.3 Å². The zero-order chi connectivity index (χ0) is 15.4. The molecule has 0 bridgehead atoms. The van der Waals surface area contributed by atoms with E-state index in [1.807, 2.05) is 0 Å². The van der Waals surface area contributed by atoms with E-state index in [1.165, 1.54) is 31.2 Å². The fourth-order valence-electron chi connectivity index (χ4n) is 1.56. The van der Waals surface area contributed by atoms with Gasteiger partial charge in [-0.15, -0.1) is 11.3 Å². The lowest BCUT2D eigenvalue weighted by molar-refractivity contribution is -0.0498. The molecule has 1 N–H and O–H groups in total. The molecule has 1 aromatic carbocycles. The fourth-order valence-corrected chi connectivity index (χ4v) is 2.36. The van der Waals surface area contributed by atoms with Crippen LogP contribution in [0.2, 0.25) is 0 Å². The minimum absolute atomic E-state index is 0.0120. The molecule has 1 heterocycles. The average molecular weight is 311 g/mol. The third-order valence-electron chi connectivity index (χ3n) is 2.51. The van der Waals surface area contributed by atoms with Crippen molar-refractivity contribution in [3.63, 3.8) is 0 Å². The highest BCUT2D eigenvalue weighted by Gasteiger charge is 2.12. The molecule has 21 heavy (non-hydrogen) atoms. The van der Waals surface area contributed by atoms with Gasteiger partial charge >= 0.3 is 6.61 Å². The van der Waals surface area contributed by atoms with Crippen molar-refractivity contribution in [3.8, 4) is 5.75 Å². The fraction of sp³-hybridized carbons (Fsp3) is 0.143. The molecule has 0 atom stereocenters. The maximum Gasteiger partial charge on any atom is 0.387 e. The molecule has 4 nitrogen and oxygen atoms in total. The molecule has 1 aromatic heterocycles. The zero-order valence-corrected chi connectivity index (χ0v) is 11.7. The van der Waals surface area contributed by atoms with E-state index in [0.29, 0.717) is 15.4 Å². The van der Waals surface area contributed by atoms with Crippen LogP contribution < -0.4 is 10.1 Å². The number of benzene rings is 1. The topological polar surface area (TPSA) is 55.4 Å². The number of hydrogen-bond acceptors (Lipinski definition) is 4. The highest BCUT2D eigenvalue weighted by molar-refractivity contribution is 7.16. The van der Waals surface area contributed by atoms with Gasteiger partial charge in [-0.2, -0.15) is 8.78 Å². The molecule has 0 aliphatic carbocycles. The molecule has 0 spiro atoms. The van der Waals surface area contributed by atoms with Crippen LogP contribution in [0, 0.1) is 0 Å². The zero-order valence-electron chi connectivity index (χ0n) is 10.9. The van der Waals surface area contributed by atoms with E-state index in [4.69, 9.17) is 0 Å².